The van der Waals surface area contributed by atoms with E-state index >= 15 is 0 Å². The van der Waals surface area contributed by atoms with Gasteiger partial charge in [0.05, 0.1) is 18.8 Å². The number of ether oxygens (including phenoxy) is 1. The van der Waals surface area contributed by atoms with Crippen LogP contribution in [0.5, 0.6) is 0 Å². The van der Waals surface area contributed by atoms with Crippen LogP contribution in [0.2, 0.25) is 0 Å². The number of fused-ring (bicyclic) bond motifs is 1. The molecule has 3 fully saturated rings. The molecule has 21 heavy (non-hydrogen) atoms. The maximum atomic E-state index is 12.9. The van der Waals surface area contributed by atoms with Crippen LogP contribution in [0.3, 0.4) is 0 Å². The first-order chi connectivity index (χ1) is 10.2. The van der Waals surface area contributed by atoms with Gasteiger partial charge in [0, 0.05) is 13.0 Å². The fraction of sp³-hybridized carbons (Fsp3) is 0.941. The van der Waals surface area contributed by atoms with Gasteiger partial charge in [0.2, 0.25) is 5.91 Å². The predicted molar refractivity (Wildman–Crippen MR) is 82.9 cm³/mol. The first kappa shape index (κ1) is 15.3. The number of nitrogens with two attached hydrogens (primary N) is 1. The Morgan fingerprint density at radius 3 is 2.67 bits per heavy atom. The van der Waals surface area contributed by atoms with Crippen molar-refractivity contribution in [2.75, 3.05) is 19.7 Å². The molecule has 2 unspecified atom stereocenters. The maximum Gasteiger partial charge on any atom is 0.223 e. The van der Waals surface area contributed by atoms with Crippen LogP contribution < -0.4 is 5.73 Å². The van der Waals surface area contributed by atoms with Crippen molar-refractivity contribution in [2.45, 2.75) is 76.4 Å². The van der Waals surface area contributed by atoms with Gasteiger partial charge in [-0.2, -0.15) is 0 Å². The summed E-state index contributed by atoms with van der Waals surface area (Å²) in [6.07, 6.45) is 11.7. The van der Waals surface area contributed by atoms with Gasteiger partial charge in [0.15, 0.2) is 0 Å². The highest BCUT2D eigenvalue weighted by Gasteiger charge is 2.40. The molecule has 0 bridgehead atoms. The molecule has 0 aromatic heterocycles. The summed E-state index contributed by atoms with van der Waals surface area (Å²) in [4.78, 5) is 15.0. The minimum atomic E-state index is 0.0812. The Kier molecular flexibility index (Phi) is 4.85. The van der Waals surface area contributed by atoms with E-state index in [2.05, 4.69) is 4.90 Å². The molecule has 0 spiro atoms. The minimum Gasteiger partial charge on any atom is -0.374 e. The second-order valence-electron chi connectivity index (χ2n) is 7.29. The van der Waals surface area contributed by atoms with Crippen LogP contribution in [0, 0.1) is 5.41 Å². The standard InChI is InChI=1S/C17H30N2O2/c18-13-17(8-4-1-5-9-17)12-16(20)19-10-11-21-15-7-3-2-6-14(15)19/h14-15H,1-13,18H2. The summed E-state index contributed by atoms with van der Waals surface area (Å²) in [5.41, 5.74) is 6.13. The fourth-order valence-corrected chi connectivity index (χ4v) is 4.58. The first-order valence-electron chi connectivity index (χ1n) is 8.85. The molecule has 0 aromatic rings. The van der Waals surface area contributed by atoms with Crippen molar-refractivity contribution < 1.29 is 9.53 Å². The lowest BCUT2D eigenvalue weighted by Crippen LogP contribution is -2.55. The lowest BCUT2D eigenvalue weighted by molar-refractivity contribution is -0.152. The monoisotopic (exact) mass is 294 g/mol. The summed E-state index contributed by atoms with van der Waals surface area (Å²) >= 11 is 0. The molecule has 1 saturated heterocycles. The van der Waals surface area contributed by atoms with E-state index in [1.807, 2.05) is 0 Å². The molecule has 2 aliphatic carbocycles. The Morgan fingerprint density at radius 2 is 1.90 bits per heavy atom. The van der Waals surface area contributed by atoms with E-state index in [-0.39, 0.29) is 11.5 Å². The summed E-state index contributed by atoms with van der Waals surface area (Å²) in [5, 5.41) is 0. The Labute approximate surface area is 128 Å². The van der Waals surface area contributed by atoms with Crippen LogP contribution in [0.4, 0.5) is 0 Å². The summed E-state index contributed by atoms with van der Waals surface area (Å²) < 4.78 is 5.89. The zero-order valence-electron chi connectivity index (χ0n) is 13.2. The van der Waals surface area contributed by atoms with E-state index < -0.39 is 0 Å². The number of nitrogens with zero attached hydrogens (tertiary/aromatic N) is 1. The molecule has 1 amide bonds. The van der Waals surface area contributed by atoms with Crippen LogP contribution in [-0.2, 0) is 9.53 Å². The molecule has 120 valence electrons. The molecule has 3 rings (SSSR count). The predicted octanol–water partition coefficient (Wildman–Crippen LogP) is 2.46. The van der Waals surface area contributed by atoms with Crippen molar-refractivity contribution in [2.24, 2.45) is 11.1 Å². The topological polar surface area (TPSA) is 55.6 Å². The fourth-order valence-electron chi connectivity index (χ4n) is 4.58. The number of hydrogen-bond donors (Lipinski definition) is 1. The number of amides is 1. The van der Waals surface area contributed by atoms with Crippen molar-refractivity contribution in [3.8, 4) is 0 Å². The van der Waals surface area contributed by atoms with Gasteiger partial charge < -0.3 is 15.4 Å². The van der Waals surface area contributed by atoms with Crippen LogP contribution >= 0.6 is 0 Å². The van der Waals surface area contributed by atoms with Crippen LogP contribution in [0.15, 0.2) is 0 Å². The normalized spacial score (nSPS) is 32.5. The Hall–Kier alpha value is -0.610. The lowest BCUT2D eigenvalue weighted by atomic mass is 9.71. The second-order valence-corrected chi connectivity index (χ2v) is 7.29. The summed E-state index contributed by atoms with van der Waals surface area (Å²) in [6, 6.07) is 0.332. The van der Waals surface area contributed by atoms with Crippen molar-refractivity contribution in [1.82, 2.24) is 4.90 Å². The summed E-state index contributed by atoms with van der Waals surface area (Å²) in [6.45, 7) is 2.15. The smallest absolute Gasteiger partial charge is 0.223 e. The van der Waals surface area contributed by atoms with Gasteiger partial charge in [-0.3, -0.25) is 4.79 Å². The third-order valence-electron chi connectivity index (χ3n) is 5.93. The first-order valence-corrected chi connectivity index (χ1v) is 8.85. The number of carbonyl (C=O) groups excluding carboxylic acids is 1. The third-order valence-corrected chi connectivity index (χ3v) is 5.93. The van der Waals surface area contributed by atoms with Gasteiger partial charge >= 0.3 is 0 Å². The second kappa shape index (κ2) is 6.66. The van der Waals surface area contributed by atoms with E-state index in [0.29, 0.717) is 31.5 Å². The number of hydrogen-bond acceptors (Lipinski definition) is 3. The molecular formula is C17H30N2O2. The van der Waals surface area contributed by atoms with Crippen LogP contribution in [0.25, 0.3) is 0 Å². The quantitative estimate of drug-likeness (QED) is 0.870. The molecule has 1 heterocycles. The average Bonchev–Trinajstić information content (AvgIpc) is 2.55. The summed E-state index contributed by atoms with van der Waals surface area (Å²) in [5.74, 6) is 0.336. The van der Waals surface area contributed by atoms with Gasteiger partial charge in [0.1, 0.15) is 0 Å². The van der Waals surface area contributed by atoms with Crippen molar-refractivity contribution in [1.29, 1.82) is 0 Å². The van der Waals surface area contributed by atoms with Crippen molar-refractivity contribution in [3.63, 3.8) is 0 Å². The summed E-state index contributed by atoms with van der Waals surface area (Å²) in [7, 11) is 0. The Balaban J connectivity index is 1.65. The number of rotatable bonds is 3. The molecule has 3 aliphatic rings. The highest BCUT2D eigenvalue weighted by Crippen LogP contribution is 2.39. The van der Waals surface area contributed by atoms with Gasteiger partial charge in [-0.05, 0) is 37.6 Å². The number of morpholine rings is 1. The SMILES string of the molecule is NCC1(CC(=O)N2CCOC3CCCCC32)CCCCC1. The molecule has 4 heteroatoms. The zero-order valence-corrected chi connectivity index (χ0v) is 13.2. The zero-order chi connectivity index (χ0) is 14.7. The molecular weight excluding hydrogens is 264 g/mol. The molecule has 0 aromatic carbocycles. The van der Waals surface area contributed by atoms with E-state index in [0.717, 1.165) is 32.2 Å². The van der Waals surface area contributed by atoms with E-state index in [1.54, 1.807) is 0 Å². The minimum absolute atomic E-state index is 0.0812. The number of carbonyl (C=O) groups is 1. The van der Waals surface area contributed by atoms with Gasteiger partial charge in [-0.25, -0.2) is 0 Å². The maximum absolute atomic E-state index is 12.9. The molecule has 2 N–H and O–H groups in total. The highest BCUT2D eigenvalue weighted by atomic mass is 16.5. The van der Waals surface area contributed by atoms with E-state index in [4.69, 9.17) is 10.5 Å². The molecule has 1 aliphatic heterocycles. The van der Waals surface area contributed by atoms with Crippen molar-refractivity contribution >= 4 is 5.91 Å². The van der Waals surface area contributed by atoms with Gasteiger partial charge in [-0.1, -0.05) is 32.1 Å². The Morgan fingerprint density at radius 1 is 1.14 bits per heavy atom. The molecule has 2 saturated carbocycles. The third kappa shape index (κ3) is 3.26. The molecule has 0 radical (unpaired) electrons. The van der Waals surface area contributed by atoms with Gasteiger partial charge in [0.25, 0.3) is 0 Å². The lowest BCUT2D eigenvalue weighted by Gasteiger charge is -2.45. The van der Waals surface area contributed by atoms with Crippen molar-refractivity contribution in [3.05, 3.63) is 0 Å². The highest BCUT2D eigenvalue weighted by molar-refractivity contribution is 5.77. The molecule has 4 nitrogen and oxygen atoms in total. The Bertz CT molecular complexity index is 364. The van der Waals surface area contributed by atoms with Crippen LogP contribution in [0.1, 0.15) is 64.2 Å². The van der Waals surface area contributed by atoms with Crippen LogP contribution in [-0.4, -0.2) is 42.6 Å². The van der Waals surface area contributed by atoms with Gasteiger partial charge in [-0.15, -0.1) is 0 Å². The molecule has 2 atom stereocenters. The van der Waals surface area contributed by atoms with E-state index in [1.165, 1.54) is 32.1 Å². The van der Waals surface area contributed by atoms with E-state index in [9.17, 15) is 4.79 Å². The average molecular weight is 294 g/mol. The largest absolute Gasteiger partial charge is 0.374 e.